The summed E-state index contributed by atoms with van der Waals surface area (Å²) in [5.41, 5.74) is 0. The minimum absolute atomic E-state index is 0.228. The zero-order valence-corrected chi connectivity index (χ0v) is 7.31. The van der Waals surface area contributed by atoms with Crippen LogP contribution in [0.1, 0.15) is 19.3 Å². The molecule has 1 atom stereocenters. The van der Waals surface area contributed by atoms with Gasteiger partial charge in [-0.25, -0.2) is 0 Å². The standard InChI is InChI=1S/C8H13FN2O2/c9-4-1-5-10-6-2-3-7(12)11-8(6)13/h6,10H,1-5H2,(H,11,12,13). The molecule has 0 aromatic heterocycles. The van der Waals surface area contributed by atoms with Gasteiger partial charge in [0, 0.05) is 6.42 Å². The number of carbonyl (C=O) groups excluding carboxylic acids is 2. The van der Waals surface area contributed by atoms with Gasteiger partial charge in [-0.3, -0.25) is 19.3 Å². The van der Waals surface area contributed by atoms with Gasteiger partial charge in [0.15, 0.2) is 0 Å². The molecule has 1 saturated heterocycles. The number of piperidine rings is 1. The number of halogens is 1. The molecule has 2 amide bonds. The van der Waals surface area contributed by atoms with Crippen molar-refractivity contribution in [3.63, 3.8) is 0 Å². The quantitative estimate of drug-likeness (QED) is 0.472. The minimum atomic E-state index is -0.389. The Hall–Kier alpha value is -0.970. The SMILES string of the molecule is O=C1CCC(NCCCF)C(=O)N1. The molecule has 1 heterocycles. The van der Waals surface area contributed by atoms with Gasteiger partial charge in [-0.15, -0.1) is 0 Å². The second-order valence-corrected chi connectivity index (χ2v) is 3.00. The summed E-state index contributed by atoms with van der Waals surface area (Å²) in [6, 6.07) is -0.329. The summed E-state index contributed by atoms with van der Waals surface area (Å²) in [6.07, 6.45) is 1.27. The third-order valence-corrected chi connectivity index (χ3v) is 1.94. The van der Waals surface area contributed by atoms with Gasteiger partial charge in [-0.1, -0.05) is 0 Å². The molecule has 0 aromatic rings. The van der Waals surface area contributed by atoms with E-state index in [0.717, 1.165) is 0 Å². The Kier molecular flexibility index (Phi) is 3.82. The second kappa shape index (κ2) is 4.91. The van der Waals surface area contributed by atoms with Crippen LogP contribution in [0.2, 0.25) is 0 Å². The Labute approximate surface area is 75.9 Å². The first kappa shape index (κ1) is 10.1. The van der Waals surface area contributed by atoms with E-state index in [1.165, 1.54) is 0 Å². The van der Waals surface area contributed by atoms with Gasteiger partial charge in [0.25, 0.3) is 0 Å². The molecule has 5 heteroatoms. The zero-order valence-electron chi connectivity index (χ0n) is 7.31. The van der Waals surface area contributed by atoms with E-state index in [9.17, 15) is 14.0 Å². The van der Waals surface area contributed by atoms with Crippen LogP contribution in [-0.2, 0) is 9.59 Å². The average Bonchev–Trinajstić information content (AvgIpc) is 2.09. The molecule has 0 radical (unpaired) electrons. The Bertz CT molecular complexity index is 208. The number of hydrogen-bond donors (Lipinski definition) is 2. The topological polar surface area (TPSA) is 58.2 Å². The largest absolute Gasteiger partial charge is 0.306 e. The molecule has 13 heavy (non-hydrogen) atoms. The molecule has 2 N–H and O–H groups in total. The molecule has 0 saturated carbocycles. The van der Waals surface area contributed by atoms with E-state index in [4.69, 9.17) is 0 Å². The van der Waals surface area contributed by atoms with Crippen molar-refractivity contribution in [3.05, 3.63) is 0 Å². The van der Waals surface area contributed by atoms with Crippen LogP contribution in [0.25, 0.3) is 0 Å². The number of nitrogens with one attached hydrogen (secondary N) is 2. The van der Waals surface area contributed by atoms with Crippen LogP contribution in [-0.4, -0.2) is 31.1 Å². The van der Waals surface area contributed by atoms with Crippen molar-refractivity contribution in [1.29, 1.82) is 0 Å². The van der Waals surface area contributed by atoms with Gasteiger partial charge in [0.05, 0.1) is 12.7 Å². The summed E-state index contributed by atoms with van der Waals surface area (Å²) in [6.45, 7) is 0.0864. The molecule has 0 bridgehead atoms. The second-order valence-electron chi connectivity index (χ2n) is 3.00. The highest BCUT2D eigenvalue weighted by Gasteiger charge is 2.25. The van der Waals surface area contributed by atoms with Crippen molar-refractivity contribution >= 4 is 11.8 Å². The van der Waals surface area contributed by atoms with Crippen LogP contribution >= 0.6 is 0 Å². The maximum atomic E-state index is 11.7. The fourth-order valence-electron chi connectivity index (χ4n) is 1.23. The van der Waals surface area contributed by atoms with Crippen LogP contribution in [0, 0.1) is 0 Å². The van der Waals surface area contributed by atoms with Crippen LogP contribution in [0.5, 0.6) is 0 Å². The molecule has 0 aromatic carbocycles. The van der Waals surface area contributed by atoms with E-state index in [2.05, 4.69) is 10.6 Å². The maximum Gasteiger partial charge on any atom is 0.243 e. The molecule has 0 spiro atoms. The number of hydrogen-bond acceptors (Lipinski definition) is 3. The number of rotatable bonds is 4. The van der Waals surface area contributed by atoms with Crippen molar-refractivity contribution in [2.75, 3.05) is 13.2 Å². The highest BCUT2D eigenvalue weighted by atomic mass is 19.1. The monoisotopic (exact) mass is 188 g/mol. The first-order chi connectivity index (χ1) is 6.24. The Morgan fingerprint density at radius 1 is 1.54 bits per heavy atom. The Morgan fingerprint density at radius 2 is 2.31 bits per heavy atom. The molecular formula is C8H13FN2O2. The van der Waals surface area contributed by atoms with Crippen LogP contribution in [0.3, 0.4) is 0 Å². The smallest absolute Gasteiger partial charge is 0.243 e. The molecular weight excluding hydrogens is 175 g/mol. The number of carbonyl (C=O) groups is 2. The van der Waals surface area contributed by atoms with Gasteiger partial charge in [0.2, 0.25) is 11.8 Å². The van der Waals surface area contributed by atoms with Crippen LogP contribution in [0.15, 0.2) is 0 Å². The van der Waals surface area contributed by atoms with Crippen molar-refractivity contribution in [3.8, 4) is 0 Å². The fraction of sp³-hybridized carbons (Fsp3) is 0.750. The predicted octanol–water partition coefficient (Wildman–Crippen LogP) is -0.259. The molecule has 1 aliphatic rings. The summed E-state index contributed by atoms with van der Waals surface area (Å²) in [5.74, 6) is -0.524. The van der Waals surface area contributed by atoms with Crippen molar-refractivity contribution in [2.24, 2.45) is 0 Å². The normalized spacial score (nSPS) is 23.0. The lowest BCUT2D eigenvalue weighted by atomic mass is 10.1. The third-order valence-electron chi connectivity index (χ3n) is 1.94. The van der Waals surface area contributed by atoms with E-state index < -0.39 is 0 Å². The molecule has 1 aliphatic heterocycles. The number of alkyl halides is 1. The summed E-state index contributed by atoms with van der Waals surface area (Å²) < 4.78 is 11.7. The Balaban J connectivity index is 2.26. The van der Waals surface area contributed by atoms with Crippen LogP contribution in [0.4, 0.5) is 4.39 Å². The van der Waals surface area contributed by atoms with E-state index in [1.54, 1.807) is 0 Å². The van der Waals surface area contributed by atoms with Crippen LogP contribution < -0.4 is 10.6 Å². The highest BCUT2D eigenvalue weighted by Crippen LogP contribution is 2.03. The summed E-state index contributed by atoms with van der Waals surface area (Å²) in [7, 11) is 0. The van der Waals surface area contributed by atoms with Gasteiger partial charge in [-0.05, 0) is 19.4 Å². The first-order valence-electron chi connectivity index (χ1n) is 4.37. The van der Waals surface area contributed by atoms with E-state index >= 15 is 0 Å². The van der Waals surface area contributed by atoms with E-state index in [0.29, 0.717) is 25.8 Å². The van der Waals surface area contributed by atoms with E-state index in [-0.39, 0.29) is 24.5 Å². The van der Waals surface area contributed by atoms with Crippen molar-refractivity contribution in [1.82, 2.24) is 10.6 Å². The summed E-state index contributed by atoms with van der Waals surface area (Å²) >= 11 is 0. The molecule has 1 unspecified atom stereocenters. The summed E-state index contributed by atoms with van der Waals surface area (Å²) in [4.78, 5) is 21.8. The molecule has 1 fully saturated rings. The maximum absolute atomic E-state index is 11.7. The van der Waals surface area contributed by atoms with E-state index in [1.807, 2.05) is 0 Å². The third kappa shape index (κ3) is 3.10. The average molecular weight is 188 g/mol. The van der Waals surface area contributed by atoms with Crippen molar-refractivity contribution < 1.29 is 14.0 Å². The zero-order chi connectivity index (χ0) is 9.68. The van der Waals surface area contributed by atoms with Gasteiger partial charge < -0.3 is 5.32 Å². The summed E-state index contributed by atoms with van der Waals surface area (Å²) in [5, 5.41) is 5.11. The Morgan fingerprint density at radius 3 is 2.92 bits per heavy atom. The molecule has 0 aliphatic carbocycles. The predicted molar refractivity (Wildman–Crippen MR) is 44.8 cm³/mol. The molecule has 4 nitrogen and oxygen atoms in total. The van der Waals surface area contributed by atoms with Gasteiger partial charge >= 0.3 is 0 Å². The number of imide groups is 1. The van der Waals surface area contributed by atoms with Crippen molar-refractivity contribution in [2.45, 2.75) is 25.3 Å². The van der Waals surface area contributed by atoms with Gasteiger partial charge in [-0.2, -0.15) is 0 Å². The lowest BCUT2D eigenvalue weighted by molar-refractivity contribution is -0.134. The highest BCUT2D eigenvalue weighted by molar-refractivity contribution is 6.00. The first-order valence-corrected chi connectivity index (χ1v) is 4.37. The minimum Gasteiger partial charge on any atom is -0.306 e. The fourth-order valence-corrected chi connectivity index (χ4v) is 1.23. The number of amides is 2. The lowest BCUT2D eigenvalue weighted by Gasteiger charge is -2.21. The van der Waals surface area contributed by atoms with Gasteiger partial charge in [0.1, 0.15) is 0 Å². The lowest BCUT2D eigenvalue weighted by Crippen LogP contribution is -2.50. The molecule has 1 rings (SSSR count). The molecule has 74 valence electrons.